The number of carbonyl (C=O) groups is 3. The predicted octanol–water partition coefficient (Wildman–Crippen LogP) is 3.30. The van der Waals surface area contributed by atoms with Crippen molar-refractivity contribution in [3.63, 3.8) is 0 Å². The Morgan fingerprint density at radius 1 is 0.848 bits per heavy atom. The molecule has 7 heteroatoms. The molecule has 0 spiro atoms. The summed E-state index contributed by atoms with van der Waals surface area (Å²) in [6, 6.07) is 21.2. The van der Waals surface area contributed by atoms with Crippen LogP contribution in [0.15, 0.2) is 72.8 Å². The lowest BCUT2D eigenvalue weighted by molar-refractivity contribution is -0.129. The summed E-state index contributed by atoms with van der Waals surface area (Å²) in [5, 5.41) is 7.40. The van der Waals surface area contributed by atoms with Gasteiger partial charge in [0.1, 0.15) is 18.7 Å². The van der Waals surface area contributed by atoms with Crippen LogP contribution in [0.1, 0.15) is 25.0 Å². The Bertz CT molecular complexity index is 1110. The lowest BCUT2D eigenvalue weighted by atomic mass is 9.99. The SMILES string of the molecule is CC(C)[C@H](NC(=O)OCc1ccccc1)C(=O)N[C@H](Cc1ccc2ccccc2c1)C(N)=O. The van der Waals surface area contributed by atoms with Crippen molar-refractivity contribution in [1.29, 1.82) is 0 Å². The van der Waals surface area contributed by atoms with E-state index in [4.69, 9.17) is 10.5 Å². The van der Waals surface area contributed by atoms with E-state index in [0.29, 0.717) is 0 Å². The molecule has 0 saturated carbocycles. The van der Waals surface area contributed by atoms with Gasteiger partial charge in [-0.25, -0.2) is 4.79 Å². The molecule has 0 bridgehead atoms. The van der Waals surface area contributed by atoms with Crippen molar-refractivity contribution in [3.8, 4) is 0 Å². The topological polar surface area (TPSA) is 111 Å². The minimum absolute atomic E-state index is 0.0883. The molecule has 7 nitrogen and oxygen atoms in total. The first kappa shape index (κ1) is 23.8. The number of rotatable bonds is 9. The van der Waals surface area contributed by atoms with Crippen molar-refractivity contribution in [2.24, 2.45) is 11.7 Å². The third kappa shape index (κ3) is 6.80. The maximum atomic E-state index is 12.9. The molecule has 3 amide bonds. The van der Waals surface area contributed by atoms with Gasteiger partial charge in [0.2, 0.25) is 11.8 Å². The highest BCUT2D eigenvalue weighted by molar-refractivity contribution is 5.91. The molecule has 0 unspecified atom stereocenters. The van der Waals surface area contributed by atoms with Gasteiger partial charge in [0, 0.05) is 6.42 Å². The van der Waals surface area contributed by atoms with E-state index >= 15 is 0 Å². The lowest BCUT2D eigenvalue weighted by Gasteiger charge is -2.24. The fourth-order valence-electron chi connectivity index (χ4n) is 3.51. The molecule has 172 valence electrons. The molecular weight excluding hydrogens is 418 g/mol. The van der Waals surface area contributed by atoms with Crippen LogP contribution in [0.3, 0.4) is 0 Å². The monoisotopic (exact) mass is 447 g/mol. The van der Waals surface area contributed by atoms with Crippen molar-refractivity contribution < 1.29 is 19.1 Å². The van der Waals surface area contributed by atoms with Crippen LogP contribution in [0, 0.1) is 5.92 Å². The summed E-state index contributed by atoms with van der Waals surface area (Å²) in [5.41, 5.74) is 7.27. The molecule has 4 N–H and O–H groups in total. The zero-order valence-electron chi connectivity index (χ0n) is 18.8. The maximum absolute atomic E-state index is 12.9. The largest absolute Gasteiger partial charge is 0.445 e. The Morgan fingerprint density at radius 2 is 1.52 bits per heavy atom. The Kier molecular flexibility index (Phi) is 8.02. The highest BCUT2D eigenvalue weighted by Gasteiger charge is 2.28. The molecule has 0 saturated heterocycles. The summed E-state index contributed by atoms with van der Waals surface area (Å²) in [6.07, 6.45) is -0.465. The van der Waals surface area contributed by atoms with Crippen LogP contribution in [-0.4, -0.2) is 30.0 Å². The average molecular weight is 448 g/mol. The van der Waals surface area contributed by atoms with Gasteiger partial charge in [0.05, 0.1) is 0 Å². The second-order valence-electron chi connectivity index (χ2n) is 8.28. The van der Waals surface area contributed by atoms with Gasteiger partial charge in [-0.3, -0.25) is 9.59 Å². The Hall–Kier alpha value is -3.87. The van der Waals surface area contributed by atoms with Crippen LogP contribution >= 0.6 is 0 Å². The van der Waals surface area contributed by atoms with Crippen LogP contribution in [0.5, 0.6) is 0 Å². The molecule has 0 aliphatic carbocycles. The fraction of sp³-hybridized carbons (Fsp3) is 0.269. The van der Waals surface area contributed by atoms with E-state index < -0.39 is 30.0 Å². The van der Waals surface area contributed by atoms with Crippen LogP contribution in [0.25, 0.3) is 10.8 Å². The average Bonchev–Trinajstić information content (AvgIpc) is 2.81. The standard InChI is InChI=1S/C26H29N3O4/c1-17(2)23(29-26(32)33-16-18-8-4-3-5-9-18)25(31)28-22(24(27)30)15-19-12-13-20-10-6-7-11-21(20)14-19/h3-14,17,22-23H,15-16H2,1-2H3,(H2,27,30)(H,28,31)(H,29,32)/t22-,23+/m1/s1. The summed E-state index contributed by atoms with van der Waals surface area (Å²) in [5.74, 6) is -1.37. The van der Waals surface area contributed by atoms with Gasteiger partial charge in [-0.15, -0.1) is 0 Å². The minimum atomic E-state index is -0.915. The number of fused-ring (bicyclic) bond motifs is 1. The van der Waals surface area contributed by atoms with Crippen LogP contribution in [-0.2, 0) is 27.4 Å². The van der Waals surface area contributed by atoms with E-state index in [1.165, 1.54) is 0 Å². The predicted molar refractivity (Wildman–Crippen MR) is 127 cm³/mol. The van der Waals surface area contributed by atoms with Crippen molar-refractivity contribution in [2.75, 3.05) is 0 Å². The van der Waals surface area contributed by atoms with E-state index in [1.54, 1.807) is 13.8 Å². The summed E-state index contributed by atoms with van der Waals surface area (Å²) in [4.78, 5) is 37.3. The summed E-state index contributed by atoms with van der Waals surface area (Å²) in [7, 11) is 0. The first-order valence-electron chi connectivity index (χ1n) is 10.9. The first-order chi connectivity index (χ1) is 15.8. The molecule has 0 aliphatic heterocycles. The molecule has 0 radical (unpaired) electrons. The number of carbonyl (C=O) groups excluding carboxylic acids is 3. The van der Waals surface area contributed by atoms with E-state index in [0.717, 1.165) is 21.9 Å². The van der Waals surface area contributed by atoms with E-state index in [2.05, 4.69) is 10.6 Å². The Labute approximate surface area is 193 Å². The Balaban J connectivity index is 1.63. The normalized spacial score (nSPS) is 12.7. The maximum Gasteiger partial charge on any atom is 0.408 e. The zero-order chi connectivity index (χ0) is 23.8. The van der Waals surface area contributed by atoms with Gasteiger partial charge in [-0.1, -0.05) is 86.6 Å². The smallest absolute Gasteiger partial charge is 0.408 e. The summed E-state index contributed by atoms with van der Waals surface area (Å²) >= 11 is 0. The number of benzene rings is 3. The van der Waals surface area contributed by atoms with Crippen LogP contribution in [0.2, 0.25) is 0 Å². The zero-order valence-corrected chi connectivity index (χ0v) is 18.8. The van der Waals surface area contributed by atoms with Crippen molar-refractivity contribution in [3.05, 3.63) is 83.9 Å². The second kappa shape index (κ2) is 11.1. The molecule has 3 aromatic rings. The molecule has 0 aromatic heterocycles. The minimum Gasteiger partial charge on any atom is -0.445 e. The Morgan fingerprint density at radius 3 is 2.18 bits per heavy atom. The quantitative estimate of drug-likeness (QED) is 0.467. The number of ether oxygens (including phenoxy) is 1. The first-order valence-corrected chi connectivity index (χ1v) is 10.9. The summed E-state index contributed by atoms with van der Waals surface area (Å²) < 4.78 is 5.23. The molecule has 33 heavy (non-hydrogen) atoms. The number of nitrogens with one attached hydrogen (secondary N) is 2. The van der Waals surface area contributed by atoms with Crippen molar-refractivity contribution in [2.45, 2.75) is 39.0 Å². The van der Waals surface area contributed by atoms with Crippen LogP contribution in [0.4, 0.5) is 4.79 Å². The van der Waals surface area contributed by atoms with E-state index in [1.807, 2.05) is 72.8 Å². The molecule has 3 rings (SSSR count). The molecular formula is C26H29N3O4. The molecule has 0 fully saturated rings. The van der Waals surface area contributed by atoms with Gasteiger partial charge in [0.15, 0.2) is 0 Å². The van der Waals surface area contributed by atoms with Gasteiger partial charge >= 0.3 is 6.09 Å². The van der Waals surface area contributed by atoms with Crippen LogP contribution < -0.4 is 16.4 Å². The molecule has 3 aromatic carbocycles. The van der Waals surface area contributed by atoms with E-state index in [-0.39, 0.29) is 18.9 Å². The second-order valence-corrected chi connectivity index (χ2v) is 8.28. The molecule has 0 heterocycles. The summed E-state index contributed by atoms with van der Waals surface area (Å²) in [6.45, 7) is 3.68. The van der Waals surface area contributed by atoms with Crippen molar-refractivity contribution in [1.82, 2.24) is 10.6 Å². The highest BCUT2D eigenvalue weighted by atomic mass is 16.5. The third-order valence-electron chi connectivity index (χ3n) is 5.35. The van der Waals surface area contributed by atoms with Gasteiger partial charge in [-0.05, 0) is 27.8 Å². The molecule has 2 atom stereocenters. The van der Waals surface area contributed by atoms with Gasteiger partial charge in [0.25, 0.3) is 0 Å². The number of amides is 3. The number of nitrogens with two attached hydrogens (primary N) is 1. The number of hydrogen-bond acceptors (Lipinski definition) is 4. The fourth-order valence-corrected chi connectivity index (χ4v) is 3.51. The van der Waals surface area contributed by atoms with E-state index in [9.17, 15) is 14.4 Å². The lowest BCUT2D eigenvalue weighted by Crippen LogP contribution is -2.55. The third-order valence-corrected chi connectivity index (χ3v) is 5.35. The number of hydrogen-bond donors (Lipinski definition) is 3. The molecule has 0 aliphatic rings. The van der Waals surface area contributed by atoms with Gasteiger partial charge in [-0.2, -0.15) is 0 Å². The number of alkyl carbamates (subject to hydrolysis) is 1. The highest BCUT2D eigenvalue weighted by Crippen LogP contribution is 2.17. The van der Waals surface area contributed by atoms with Gasteiger partial charge < -0.3 is 21.1 Å². The van der Waals surface area contributed by atoms with Crippen molar-refractivity contribution >= 4 is 28.7 Å². The number of primary amides is 1.